The summed E-state index contributed by atoms with van der Waals surface area (Å²) in [5.74, 6) is 0. The fourth-order valence-corrected chi connectivity index (χ4v) is 1.95. The minimum absolute atomic E-state index is 0.270. The Labute approximate surface area is 127 Å². The molecule has 0 aliphatic rings. The van der Waals surface area contributed by atoms with Gasteiger partial charge in [-0.3, -0.25) is 0 Å². The van der Waals surface area contributed by atoms with Gasteiger partial charge in [0.1, 0.15) is 0 Å². The first-order valence-corrected chi connectivity index (χ1v) is 6.92. The number of thiocarbonyl (C=S) groups is 1. The second-order valence-electron chi connectivity index (χ2n) is 3.97. The third-order valence-corrected chi connectivity index (χ3v) is 3.43. The van der Waals surface area contributed by atoms with Crippen LogP contribution in [0.4, 0.5) is 10.5 Å². The zero-order valence-corrected chi connectivity index (χ0v) is 12.7. The molecule has 1 rings (SSSR count). The van der Waals surface area contributed by atoms with Gasteiger partial charge in [0.2, 0.25) is 0 Å². The Morgan fingerprint density at radius 2 is 2.11 bits per heavy atom. The van der Waals surface area contributed by atoms with Crippen LogP contribution < -0.4 is 16.4 Å². The molecule has 1 atom stereocenters. The fourth-order valence-electron chi connectivity index (χ4n) is 1.47. The summed E-state index contributed by atoms with van der Waals surface area (Å²) in [4.78, 5) is 12.1. The van der Waals surface area contributed by atoms with Gasteiger partial charge in [-0.2, -0.15) is 0 Å². The number of halogens is 2. The van der Waals surface area contributed by atoms with Crippen molar-refractivity contribution >= 4 is 52.1 Å². The van der Waals surface area contributed by atoms with E-state index in [4.69, 9.17) is 41.2 Å². The number of urea groups is 1. The summed E-state index contributed by atoms with van der Waals surface area (Å²) in [6, 6.07) is 4.13. The number of amides is 2. The summed E-state index contributed by atoms with van der Waals surface area (Å²) in [5, 5.41) is 6.16. The van der Waals surface area contributed by atoms with Crippen LogP contribution in [0.1, 0.15) is 19.8 Å². The predicted molar refractivity (Wildman–Crippen MR) is 84.1 cm³/mol. The van der Waals surface area contributed by atoms with Crippen molar-refractivity contribution in [1.29, 1.82) is 0 Å². The molecule has 0 saturated heterocycles. The summed E-state index contributed by atoms with van der Waals surface area (Å²) in [5.41, 5.74) is 6.11. The van der Waals surface area contributed by atoms with Crippen molar-refractivity contribution in [3.8, 4) is 0 Å². The Bertz CT molecular complexity index is 482. The monoisotopic (exact) mass is 319 g/mol. The lowest BCUT2D eigenvalue weighted by Gasteiger charge is -2.17. The van der Waals surface area contributed by atoms with Crippen molar-refractivity contribution < 1.29 is 4.79 Å². The zero-order valence-electron chi connectivity index (χ0n) is 10.4. The highest BCUT2D eigenvalue weighted by Crippen LogP contribution is 2.24. The van der Waals surface area contributed by atoms with Crippen LogP contribution in [0.15, 0.2) is 18.2 Å². The molecule has 0 aliphatic carbocycles. The molecule has 19 heavy (non-hydrogen) atoms. The number of hydrogen-bond acceptors (Lipinski definition) is 2. The largest absolute Gasteiger partial charge is 0.392 e. The summed E-state index contributed by atoms with van der Waals surface area (Å²) in [6.45, 7) is 1.99. The molecular formula is C12H15Cl2N3OS. The Morgan fingerprint density at radius 1 is 1.42 bits per heavy atom. The van der Waals surface area contributed by atoms with Crippen LogP contribution in [0.25, 0.3) is 0 Å². The molecule has 0 aromatic heterocycles. The first-order chi connectivity index (χ1) is 8.93. The van der Waals surface area contributed by atoms with Gasteiger partial charge < -0.3 is 16.4 Å². The lowest BCUT2D eigenvalue weighted by atomic mass is 10.2. The van der Waals surface area contributed by atoms with E-state index in [0.717, 1.165) is 6.42 Å². The molecule has 4 N–H and O–H groups in total. The summed E-state index contributed by atoms with van der Waals surface area (Å²) in [6.07, 6.45) is 1.57. The van der Waals surface area contributed by atoms with Crippen LogP contribution in [0.5, 0.6) is 0 Å². The average molecular weight is 320 g/mol. The quantitative estimate of drug-likeness (QED) is 0.727. The number of benzene rings is 1. The van der Waals surface area contributed by atoms with E-state index in [2.05, 4.69) is 10.6 Å². The molecule has 2 amide bonds. The molecule has 1 aromatic carbocycles. The maximum Gasteiger partial charge on any atom is 0.319 e. The van der Waals surface area contributed by atoms with Gasteiger partial charge in [0, 0.05) is 5.69 Å². The smallest absolute Gasteiger partial charge is 0.319 e. The van der Waals surface area contributed by atoms with E-state index < -0.39 is 0 Å². The Kier molecular flexibility index (Phi) is 6.34. The number of rotatable bonds is 5. The number of nitrogens with two attached hydrogens (primary N) is 1. The Hall–Kier alpha value is -1.04. The number of carbonyl (C=O) groups excluding carboxylic acids is 1. The number of nitrogens with one attached hydrogen (secondary N) is 2. The molecule has 0 heterocycles. The molecule has 0 radical (unpaired) electrons. The minimum atomic E-state index is -0.385. The second-order valence-corrected chi connectivity index (χ2v) is 5.26. The molecule has 1 aromatic rings. The van der Waals surface area contributed by atoms with Crippen LogP contribution in [-0.2, 0) is 0 Å². The first-order valence-electron chi connectivity index (χ1n) is 5.76. The van der Waals surface area contributed by atoms with Crippen molar-refractivity contribution in [1.82, 2.24) is 5.32 Å². The zero-order chi connectivity index (χ0) is 14.4. The van der Waals surface area contributed by atoms with E-state index in [9.17, 15) is 4.79 Å². The van der Waals surface area contributed by atoms with E-state index in [1.807, 2.05) is 6.92 Å². The van der Waals surface area contributed by atoms with Crippen molar-refractivity contribution in [2.75, 3.05) is 5.32 Å². The van der Waals surface area contributed by atoms with Gasteiger partial charge in [0.15, 0.2) is 0 Å². The third-order valence-electron chi connectivity index (χ3n) is 2.40. The molecular weight excluding hydrogens is 305 g/mol. The number of carbonyl (C=O) groups is 1. The van der Waals surface area contributed by atoms with Crippen LogP contribution in [0.3, 0.4) is 0 Å². The van der Waals surface area contributed by atoms with Crippen molar-refractivity contribution in [3.63, 3.8) is 0 Å². The lowest BCUT2D eigenvalue weighted by Crippen LogP contribution is -2.45. The second kappa shape index (κ2) is 7.53. The molecule has 0 aliphatic heterocycles. The molecule has 0 saturated carbocycles. The van der Waals surface area contributed by atoms with Crippen LogP contribution in [-0.4, -0.2) is 17.1 Å². The SMILES string of the molecule is CCCC(NC(=O)Nc1ccc(Cl)c(Cl)c1)C(N)=S. The topological polar surface area (TPSA) is 67.2 Å². The number of hydrogen-bond donors (Lipinski definition) is 3. The maximum atomic E-state index is 11.8. The fraction of sp³-hybridized carbons (Fsp3) is 0.333. The highest BCUT2D eigenvalue weighted by atomic mass is 35.5. The van der Waals surface area contributed by atoms with E-state index in [1.165, 1.54) is 0 Å². The van der Waals surface area contributed by atoms with Crippen molar-refractivity contribution in [3.05, 3.63) is 28.2 Å². The standard InChI is InChI=1S/C12H15Cl2N3OS/c1-2-3-10(11(15)19)17-12(18)16-7-4-5-8(13)9(14)6-7/h4-6,10H,2-3H2,1H3,(H2,15,19)(H2,16,17,18). The summed E-state index contributed by atoms with van der Waals surface area (Å²) >= 11 is 16.5. The molecule has 7 heteroatoms. The minimum Gasteiger partial charge on any atom is -0.392 e. The van der Waals surface area contributed by atoms with Gasteiger partial charge in [0.05, 0.1) is 21.1 Å². The highest BCUT2D eigenvalue weighted by Gasteiger charge is 2.14. The Morgan fingerprint density at radius 3 is 2.63 bits per heavy atom. The van der Waals surface area contributed by atoms with Gasteiger partial charge in [-0.25, -0.2) is 4.79 Å². The van der Waals surface area contributed by atoms with E-state index in [1.54, 1.807) is 18.2 Å². The molecule has 0 spiro atoms. The molecule has 1 unspecified atom stereocenters. The lowest BCUT2D eigenvalue weighted by molar-refractivity contribution is 0.250. The summed E-state index contributed by atoms with van der Waals surface area (Å²) in [7, 11) is 0. The van der Waals surface area contributed by atoms with Crippen LogP contribution >= 0.6 is 35.4 Å². The van der Waals surface area contributed by atoms with Crippen molar-refractivity contribution in [2.24, 2.45) is 5.73 Å². The Balaban J connectivity index is 2.63. The summed E-state index contributed by atoms with van der Waals surface area (Å²) < 4.78 is 0. The average Bonchev–Trinajstić information content (AvgIpc) is 2.33. The van der Waals surface area contributed by atoms with Gasteiger partial charge in [-0.1, -0.05) is 48.8 Å². The molecule has 0 bridgehead atoms. The molecule has 4 nitrogen and oxygen atoms in total. The van der Waals surface area contributed by atoms with Gasteiger partial charge in [-0.15, -0.1) is 0 Å². The third kappa shape index (κ3) is 5.22. The van der Waals surface area contributed by atoms with Crippen LogP contribution in [0, 0.1) is 0 Å². The van der Waals surface area contributed by atoms with E-state index in [-0.39, 0.29) is 17.1 Å². The first kappa shape index (κ1) is 16.0. The van der Waals surface area contributed by atoms with Gasteiger partial charge >= 0.3 is 6.03 Å². The van der Waals surface area contributed by atoms with Gasteiger partial charge in [0.25, 0.3) is 0 Å². The van der Waals surface area contributed by atoms with E-state index in [0.29, 0.717) is 22.2 Å². The molecule has 0 fully saturated rings. The van der Waals surface area contributed by atoms with Gasteiger partial charge in [-0.05, 0) is 24.6 Å². The number of anilines is 1. The predicted octanol–water partition coefficient (Wildman–Crippen LogP) is 3.57. The van der Waals surface area contributed by atoms with Crippen LogP contribution in [0.2, 0.25) is 10.0 Å². The molecule has 104 valence electrons. The normalized spacial score (nSPS) is 11.7. The van der Waals surface area contributed by atoms with E-state index >= 15 is 0 Å². The van der Waals surface area contributed by atoms with Crippen molar-refractivity contribution in [2.45, 2.75) is 25.8 Å². The maximum absolute atomic E-state index is 11.8. The highest BCUT2D eigenvalue weighted by molar-refractivity contribution is 7.80.